The highest BCUT2D eigenvalue weighted by Crippen LogP contribution is 2.25. The van der Waals surface area contributed by atoms with Gasteiger partial charge in [-0.1, -0.05) is 54.6 Å². The number of carbonyl (C=O) groups excluding carboxylic acids is 1. The number of amides is 1. The number of nitrogens with zero attached hydrogens (tertiary/aromatic N) is 2. The molecule has 4 rings (SSSR count). The lowest BCUT2D eigenvalue weighted by molar-refractivity contribution is -0.142. The van der Waals surface area contributed by atoms with Crippen molar-refractivity contribution >= 4 is 11.9 Å². The molecule has 0 aliphatic heterocycles. The molecule has 1 aromatic heterocycles. The number of aliphatic carboxylic acids is 1. The second kappa shape index (κ2) is 10.4. The summed E-state index contributed by atoms with van der Waals surface area (Å²) in [4.78, 5) is 37.6. The fraction of sp³-hybridized carbons (Fsp3) is 0.308. The Bertz CT molecular complexity index is 1210. The SMILES string of the molecule is NCc1ccc(-c2cc(C(=O)NC3CCC(C(=O)O)CC3)c(=O)n(Cc3ccccc3)n2)cc1. The topological polar surface area (TPSA) is 127 Å². The van der Waals surface area contributed by atoms with Crippen LogP contribution in [-0.2, 0) is 17.9 Å². The molecule has 0 bridgehead atoms. The van der Waals surface area contributed by atoms with Gasteiger partial charge in [-0.25, -0.2) is 4.68 Å². The Morgan fingerprint density at radius 3 is 2.29 bits per heavy atom. The summed E-state index contributed by atoms with van der Waals surface area (Å²) in [6.07, 6.45) is 2.15. The number of nitrogens with one attached hydrogen (secondary N) is 1. The molecular weight excluding hydrogens is 432 g/mol. The lowest BCUT2D eigenvalue weighted by atomic mass is 9.86. The average molecular weight is 461 g/mol. The zero-order valence-electron chi connectivity index (χ0n) is 18.8. The first-order valence-corrected chi connectivity index (χ1v) is 11.4. The van der Waals surface area contributed by atoms with Crippen LogP contribution >= 0.6 is 0 Å². The summed E-state index contributed by atoms with van der Waals surface area (Å²) in [6.45, 7) is 0.650. The Morgan fingerprint density at radius 1 is 1.00 bits per heavy atom. The van der Waals surface area contributed by atoms with Crippen molar-refractivity contribution < 1.29 is 14.7 Å². The standard InChI is InChI=1S/C26H28N4O4/c27-15-17-6-8-19(9-7-17)23-14-22(24(31)28-21-12-10-20(11-13-21)26(33)34)25(32)30(29-23)16-18-4-2-1-3-5-18/h1-9,14,20-21H,10-13,15-16,27H2,(H,28,31)(H,33,34). The molecule has 1 heterocycles. The largest absolute Gasteiger partial charge is 0.481 e. The van der Waals surface area contributed by atoms with Crippen molar-refractivity contribution in [3.8, 4) is 11.3 Å². The summed E-state index contributed by atoms with van der Waals surface area (Å²) >= 11 is 0. The van der Waals surface area contributed by atoms with Crippen molar-refractivity contribution in [1.29, 1.82) is 0 Å². The smallest absolute Gasteiger partial charge is 0.306 e. The molecule has 1 saturated carbocycles. The second-order valence-corrected chi connectivity index (χ2v) is 8.65. The van der Waals surface area contributed by atoms with Crippen LogP contribution in [-0.4, -0.2) is 32.8 Å². The maximum Gasteiger partial charge on any atom is 0.306 e. The lowest BCUT2D eigenvalue weighted by Crippen LogP contribution is -2.42. The van der Waals surface area contributed by atoms with E-state index in [2.05, 4.69) is 10.4 Å². The molecule has 0 radical (unpaired) electrons. The molecule has 1 fully saturated rings. The van der Waals surface area contributed by atoms with Crippen LogP contribution in [0, 0.1) is 5.92 Å². The van der Waals surface area contributed by atoms with E-state index < -0.39 is 17.4 Å². The Morgan fingerprint density at radius 2 is 1.68 bits per heavy atom. The van der Waals surface area contributed by atoms with E-state index in [1.54, 1.807) is 0 Å². The van der Waals surface area contributed by atoms with Gasteiger partial charge in [-0.3, -0.25) is 14.4 Å². The van der Waals surface area contributed by atoms with Gasteiger partial charge in [0.25, 0.3) is 11.5 Å². The van der Waals surface area contributed by atoms with Crippen molar-refractivity contribution in [3.63, 3.8) is 0 Å². The zero-order valence-corrected chi connectivity index (χ0v) is 18.8. The van der Waals surface area contributed by atoms with E-state index in [-0.39, 0.29) is 24.1 Å². The van der Waals surface area contributed by atoms with Crippen LogP contribution in [0.5, 0.6) is 0 Å². The normalized spacial score (nSPS) is 17.8. The molecule has 0 unspecified atom stereocenters. The van der Waals surface area contributed by atoms with Gasteiger partial charge in [-0.15, -0.1) is 0 Å². The van der Waals surface area contributed by atoms with E-state index in [0.29, 0.717) is 37.9 Å². The van der Waals surface area contributed by atoms with Gasteiger partial charge in [0.15, 0.2) is 0 Å². The van der Waals surface area contributed by atoms with Gasteiger partial charge in [-0.05, 0) is 42.9 Å². The highest BCUT2D eigenvalue weighted by atomic mass is 16.4. The Labute approximate surface area is 197 Å². The number of hydrogen-bond donors (Lipinski definition) is 3. The van der Waals surface area contributed by atoms with Crippen molar-refractivity contribution in [2.24, 2.45) is 11.7 Å². The average Bonchev–Trinajstić information content (AvgIpc) is 2.86. The van der Waals surface area contributed by atoms with Gasteiger partial charge < -0.3 is 16.2 Å². The summed E-state index contributed by atoms with van der Waals surface area (Å²) in [5.74, 6) is -1.64. The van der Waals surface area contributed by atoms with Crippen LogP contribution in [0.4, 0.5) is 0 Å². The monoisotopic (exact) mass is 460 g/mol. The van der Waals surface area contributed by atoms with E-state index in [9.17, 15) is 19.5 Å². The highest BCUT2D eigenvalue weighted by Gasteiger charge is 2.28. The van der Waals surface area contributed by atoms with Crippen LogP contribution in [0.2, 0.25) is 0 Å². The quantitative estimate of drug-likeness (QED) is 0.498. The first-order valence-electron chi connectivity index (χ1n) is 11.4. The second-order valence-electron chi connectivity index (χ2n) is 8.65. The lowest BCUT2D eigenvalue weighted by Gasteiger charge is -2.26. The van der Waals surface area contributed by atoms with Gasteiger partial charge in [0.1, 0.15) is 5.56 Å². The van der Waals surface area contributed by atoms with Crippen molar-refractivity contribution in [1.82, 2.24) is 15.1 Å². The number of rotatable bonds is 7. The molecule has 34 heavy (non-hydrogen) atoms. The minimum atomic E-state index is -0.798. The first-order chi connectivity index (χ1) is 16.4. The molecular formula is C26H28N4O4. The number of hydrogen-bond acceptors (Lipinski definition) is 5. The van der Waals surface area contributed by atoms with Gasteiger partial charge in [0.2, 0.25) is 0 Å². The van der Waals surface area contributed by atoms with E-state index in [1.807, 2.05) is 54.6 Å². The molecule has 0 saturated heterocycles. The minimum absolute atomic E-state index is 0.0178. The molecule has 2 aromatic carbocycles. The third kappa shape index (κ3) is 5.40. The summed E-state index contributed by atoms with van der Waals surface area (Å²) < 4.78 is 1.32. The van der Waals surface area contributed by atoms with Gasteiger partial charge in [0.05, 0.1) is 18.2 Å². The first kappa shape index (κ1) is 23.4. The van der Waals surface area contributed by atoms with Gasteiger partial charge in [-0.2, -0.15) is 5.10 Å². The third-order valence-corrected chi connectivity index (χ3v) is 6.29. The summed E-state index contributed by atoms with van der Waals surface area (Å²) in [7, 11) is 0. The van der Waals surface area contributed by atoms with E-state index >= 15 is 0 Å². The highest BCUT2D eigenvalue weighted by molar-refractivity contribution is 5.95. The summed E-state index contributed by atoms with van der Waals surface area (Å²) in [6, 6.07) is 18.4. The van der Waals surface area contributed by atoms with Crippen LogP contribution in [0.25, 0.3) is 11.3 Å². The Balaban J connectivity index is 1.64. The van der Waals surface area contributed by atoms with Crippen molar-refractivity contribution in [2.45, 2.75) is 44.8 Å². The molecule has 1 aliphatic rings. The molecule has 1 amide bonds. The molecule has 4 N–H and O–H groups in total. The van der Waals surface area contributed by atoms with E-state index in [0.717, 1.165) is 16.7 Å². The molecule has 176 valence electrons. The fourth-order valence-corrected chi connectivity index (χ4v) is 4.27. The number of carboxylic acids is 1. The van der Waals surface area contributed by atoms with Crippen LogP contribution in [0.1, 0.15) is 47.2 Å². The number of aromatic nitrogens is 2. The van der Waals surface area contributed by atoms with Crippen LogP contribution in [0.3, 0.4) is 0 Å². The molecule has 8 heteroatoms. The van der Waals surface area contributed by atoms with Crippen LogP contribution < -0.4 is 16.6 Å². The maximum atomic E-state index is 13.2. The van der Waals surface area contributed by atoms with Crippen molar-refractivity contribution in [3.05, 3.63) is 87.7 Å². The summed E-state index contributed by atoms with van der Waals surface area (Å²) in [5, 5.41) is 16.7. The fourth-order valence-electron chi connectivity index (χ4n) is 4.27. The maximum absolute atomic E-state index is 13.2. The van der Waals surface area contributed by atoms with Gasteiger partial charge in [0, 0.05) is 18.2 Å². The van der Waals surface area contributed by atoms with Crippen molar-refractivity contribution in [2.75, 3.05) is 0 Å². The summed E-state index contributed by atoms with van der Waals surface area (Å²) in [5.41, 5.74) is 8.40. The number of carbonyl (C=O) groups is 2. The molecule has 8 nitrogen and oxygen atoms in total. The Hall–Kier alpha value is -3.78. The Kier molecular flexibility index (Phi) is 7.18. The van der Waals surface area contributed by atoms with Crippen LogP contribution in [0.15, 0.2) is 65.5 Å². The van der Waals surface area contributed by atoms with Gasteiger partial charge >= 0.3 is 5.97 Å². The molecule has 1 aliphatic carbocycles. The number of nitrogens with two attached hydrogens (primary N) is 1. The minimum Gasteiger partial charge on any atom is -0.481 e. The number of benzene rings is 2. The number of carboxylic acid groups (broad SMARTS) is 1. The molecule has 0 atom stereocenters. The zero-order chi connectivity index (χ0) is 24.1. The third-order valence-electron chi connectivity index (χ3n) is 6.29. The predicted octanol–water partition coefficient (Wildman–Crippen LogP) is 2.79. The van der Waals surface area contributed by atoms with E-state index in [4.69, 9.17) is 5.73 Å². The molecule has 0 spiro atoms. The predicted molar refractivity (Wildman–Crippen MR) is 128 cm³/mol. The molecule has 3 aromatic rings. The van der Waals surface area contributed by atoms with E-state index in [1.165, 1.54) is 10.7 Å².